The number of ether oxygens (including phenoxy) is 7. The van der Waals surface area contributed by atoms with Gasteiger partial charge in [-0.3, -0.25) is 9.59 Å². The van der Waals surface area contributed by atoms with Crippen LogP contribution in [0.1, 0.15) is 138 Å². The molecule has 0 aromatic heterocycles. The van der Waals surface area contributed by atoms with Crippen LogP contribution in [0.5, 0.6) is 11.5 Å². The van der Waals surface area contributed by atoms with Gasteiger partial charge in [-0.15, -0.1) is 0 Å². The number of rotatable bonds is 10. The molecule has 2 aromatic carbocycles. The molecule has 2 aliphatic heterocycles. The van der Waals surface area contributed by atoms with Gasteiger partial charge >= 0.3 is 0 Å². The average Bonchev–Trinajstić information content (AvgIpc) is 3.79. The van der Waals surface area contributed by atoms with Crippen molar-refractivity contribution in [2.45, 2.75) is 143 Å². The van der Waals surface area contributed by atoms with Crippen LogP contribution in [-0.4, -0.2) is 57.8 Å². The van der Waals surface area contributed by atoms with Crippen LogP contribution in [0.2, 0.25) is 0 Å². The molecule has 10 heteroatoms. The van der Waals surface area contributed by atoms with E-state index in [-0.39, 0.29) is 64.8 Å². The lowest BCUT2D eigenvalue weighted by Crippen LogP contribution is -2.52. The Morgan fingerprint density at radius 3 is 1.96 bits per heavy atom. The number of fused-ring (bicyclic) bond motifs is 2. The molecule has 1 unspecified atom stereocenters. The maximum absolute atomic E-state index is 14.4. The van der Waals surface area contributed by atoms with E-state index in [2.05, 4.69) is 41.5 Å². The van der Waals surface area contributed by atoms with Crippen molar-refractivity contribution in [3.63, 3.8) is 0 Å². The van der Waals surface area contributed by atoms with Crippen LogP contribution in [0.4, 0.5) is 0 Å². The van der Waals surface area contributed by atoms with Gasteiger partial charge in [0.05, 0.1) is 33.0 Å². The molecule has 10 nitrogen and oxygen atoms in total. The van der Waals surface area contributed by atoms with E-state index in [0.717, 1.165) is 47.9 Å². The predicted molar refractivity (Wildman–Crippen MR) is 218 cm³/mol. The van der Waals surface area contributed by atoms with Gasteiger partial charge < -0.3 is 38.3 Å². The topological polar surface area (TPSA) is 119 Å². The first-order valence-corrected chi connectivity index (χ1v) is 21.1. The smallest absolute Gasteiger partial charge is 0.223 e. The highest BCUT2D eigenvalue weighted by molar-refractivity contribution is 5.53. The van der Waals surface area contributed by atoms with Gasteiger partial charge in [0.2, 0.25) is 10.9 Å². The van der Waals surface area contributed by atoms with Gasteiger partial charge in [0.25, 0.3) is 0 Å². The minimum absolute atomic E-state index is 0.00564. The number of methoxy groups -OCH3 is 3. The third-order valence-corrected chi connectivity index (χ3v) is 15.1. The summed E-state index contributed by atoms with van der Waals surface area (Å²) in [6.45, 7) is 21.7. The zero-order valence-corrected chi connectivity index (χ0v) is 36.5. The summed E-state index contributed by atoms with van der Waals surface area (Å²) in [5.41, 5.74) is 3.86. The summed E-state index contributed by atoms with van der Waals surface area (Å²) >= 11 is 0. The van der Waals surface area contributed by atoms with E-state index in [0.29, 0.717) is 41.1 Å². The molecule has 5 aliphatic rings. The van der Waals surface area contributed by atoms with Gasteiger partial charge in [-0.05, 0) is 129 Å². The van der Waals surface area contributed by atoms with E-state index >= 15 is 0 Å². The van der Waals surface area contributed by atoms with Crippen molar-refractivity contribution in [1.29, 1.82) is 0 Å². The normalized spacial score (nSPS) is 35.4. The first-order chi connectivity index (χ1) is 26.8. The fourth-order valence-corrected chi connectivity index (χ4v) is 12.1. The van der Waals surface area contributed by atoms with Gasteiger partial charge in [-0.25, -0.2) is 0 Å². The number of aliphatic hydroxyl groups is 1. The van der Waals surface area contributed by atoms with Gasteiger partial charge in [0, 0.05) is 41.1 Å². The summed E-state index contributed by atoms with van der Waals surface area (Å²) in [6, 6.07) is 5.42. The Hall–Kier alpha value is -2.86. The molecule has 0 amide bonds. The van der Waals surface area contributed by atoms with Crippen molar-refractivity contribution in [3.8, 4) is 11.5 Å². The van der Waals surface area contributed by atoms with E-state index < -0.39 is 29.2 Å². The number of hydrogen-bond donors (Lipinski definition) is 1. The molecule has 2 saturated carbocycles. The standard InChI is InChI=1S/C47H66O10/c1-24(2)30-14-16-45(9,35-22-55-44(7,8)56-35)38(30)32-19-29(20-34(53-13)40(48)26(32)5)47(50)21-28-18-33(52-12)41(49)27(6)36-37(28)42(57-47)43(54-23-51-11)46(10)17-15-31(25(3)4)39(36)46/h18-20,24-25,30-31,35,38-39,42-43,50H,14-17,21-23H2,1-13H3/t30-,31-,35+,38-,39-,42-,43+,45+,46-,47?/m1/s1. The summed E-state index contributed by atoms with van der Waals surface area (Å²) in [4.78, 5) is 28.7. The molecule has 0 radical (unpaired) electrons. The Morgan fingerprint density at radius 2 is 1.39 bits per heavy atom. The third-order valence-electron chi connectivity index (χ3n) is 15.1. The molecule has 7 rings (SSSR count). The highest BCUT2D eigenvalue weighted by atomic mass is 16.7. The lowest BCUT2D eigenvalue weighted by molar-refractivity contribution is -0.292. The molecule has 2 heterocycles. The Labute approximate surface area is 338 Å². The van der Waals surface area contributed by atoms with Gasteiger partial charge in [-0.1, -0.05) is 41.5 Å². The summed E-state index contributed by atoms with van der Waals surface area (Å²) in [5.74, 6) is -1.24. The van der Waals surface area contributed by atoms with Crippen LogP contribution in [0, 0.1) is 48.3 Å². The molecular formula is C47H66O10. The molecule has 10 atom stereocenters. The summed E-state index contributed by atoms with van der Waals surface area (Å²) in [5, 5.41) is 13.3. The summed E-state index contributed by atoms with van der Waals surface area (Å²) < 4.78 is 43.8. The second kappa shape index (κ2) is 15.0. The fourth-order valence-electron chi connectivity index (χ4n) is 12.1. The summed E-state index contributed by atoms with van der Waals surface area (Å²) in [6.07, 6.45) is 2.18. The minimum Gasteiger partial charge on any atom is -0.493 e. The van der Waals surface area contributed by atoms with Crippen molar-refractivity contribution in [2.24, 2.45) is 34.5 Å². The van der Waals surface area contributed by atoms with E-state index in [4.69, 9.17) is 33.2 Å². The summed E-state index contributed by atoms with van der Waals surface area (Å²) in [7, 11) is 4.61. The first-order valence-electron chi connectivity index (χ1n) is 21.1. The maximum Gasteiger partial charge on any atom is 0.223 e. The van der Waals surface area contributed by atoms with Gasteiger partial charge in [-0.2, -0.15) is 0 Å². The third kappa shape index (κ3) is 6.69. The molecule has 2 aromatic rings. The van der Waals surface area contributed by atoms with Crippen molar-refractivity contribution in [2.75, 3.05) is 34.7 Å². The molecule has 3 aliphatic carbocycles. The minimum atomic E-state index is -1.96. The quantitative estimate of drug-likeness (QED) is 0.238. The van der Waals surface area contributed by atoms with Crippen LogP contribution < -0.4 is 20.3 Å². The van der Waals surface area contributed by atoms with Crippen molar-refractivity contribution in [3.05, 3.63) is 77.6 Å². The Bertz CT molecular complexity index is 2010. The Kier molecular flexibility index (Phi) is 11.1. The zero-order chi connectivity index (χ0) is 41.6. The lowest BCUT2D eigenvalue weighted by Gasteiger charge is -2.53. The second-order valence-electron chi connectivity index (χ2n) is 19.4. The monoisotopic (exact) mass is 790 g/mol. The van der Waals surface area contributed by atoms with Crippen molar-refractivity contribution in [1.82, 2.24) is 0 Å². The van der Waals surface area contributed by atoms with Crippen LogP contribution in [-0.2, 0) is 35.9 Å². The van der Waals surface area contributed by atoms with E-state index in [1.165, 1.54) is 14.2 Å². The van der Waals surface area contributed by atoms with Gasteiger partial charge in [0.1, 0.15) is 12.9 Å². The van der Waals surface area contributed by atoms with Crippen LogP contribution in [0.15, 0.2) is 27.8 Å². The largest absolute Gasteiger partial charge is 0.493 e. The molecule has 0 bridgehead atoms. The molecular weight excluding hydrogens is 725 g/mol. The fraction of sp³-hybridized carbons (Fsp3) is 0.702. The van der Waals surface area contributed by atoms with E-state index in [9.17, 15) is 14.7 Å². The van der Waals surface area contributed by atoms with E-state index in [1.807, 2.05) is 33.8 Å². The predicted octanol–water partition coefficient (Wildman–Crippen LogP) is 7.97. The first kappa shape index (κ1) is 42.3. The van der Waals surface area contributed by atoms with Crippen molar-refractivity contribution >= 4 is 0 Å². The molecule has 314 valence electrons. The molecule has 57 heavy (non-hydrogen) atoms. The lowest BCUT2D eigenvalue weighted by atomic mass is 9.59. The van der Waals surface area contributed by atoms with Crippen LogP contribution in [0.25, 0.3) is 0 Å². The maximum atomic E-state index is 14.4. The van der Waals surface area contributed by atoms with Crippen molar-refractivity contribution < 1.29 is 38.3 Å². The highest BCUT2D eigenvalue weighted by Crippen LogP contribution is 2.66. The van der Waals surface area contributed by atoms with Crippen LogP contribution in [0.3, 0.4) is 0 Å². The van der Waals surface area contributed by atoms with E-state index in [1.54, 1.807) is 19.2 Å². The second-order valence-corrected chi connectivity index (χ2v) is 19.4. The molecule has 1 N–H and O–H groups in total. The number of hydrogen-bond acceptors (Lipinski definition) is 10. The Balaban J connectivity index is 1.49. The zero-order valence-electron chi connectivity index (χ0n) is 36.5. The SMILES string of the molecule is COCO[C@H]1[C@@H]2OC(O)(c3cc([C@H]4[C@@H](C(C)C)CC[C@@]4(C)[C@@H]4COC(C)(C)O4)c(C)c(=O)c(OC)c3)Cc3cc(OC)c(=O)c(C)c(c32)[C@H]2[C@@H](C(C)C)CC[C@@]12C. The molecule has 3 fully saturated rings. The molecule has 0 spiro atoms. The van der Waals surface area contributed by atoms with Gasteiger partial charge in [0.15, 0.2) is 23.1 Å². The molecule has 1 saturated heterocycles. The van der Waals surface area contributed by atoms with Crippen LogP contribution >= 0.6 is 0 Å². The highest BCUT2D eigenvalue weighted by Gasteiger charge is 2.62. The average molecular weight is 791 g/mol. The Morgan fingerprint density at radius 1 is 0.789 bits per heavy atom.